The molecule has 0 heterocycles. The second kappa shape index (κ2) is 5.76. The summed E-state index contributed by atoms with van der Waals surface area (Å²) >= 11 is 21.4. The van der Waals surface area contributed by atoms with Crippen LogP contribution in [-0.2, 0) is 9.53 Å². The van der Waals surface area contributed by atoms with E-state index >= 15 is 0 Å². The van der Waals surface area contributed by atoms with Gasteiger partial charge in [0.15, 0.2) is 0 Å². The van der Waals surface area contributed by atoms with Crippen LogP contribution in [0.4, 0.5) is 0 Å². The Morgan fingerprint density at radius 3 is 2.38 bits per heavy atom. The van der Waals surface area contributed by atoms with Crippen LogP contribution in [0, 0.1) is 0 Å². The SMILES string of the molecule is C=C/C=C/C(=O)OC(Cl)C(Cl)(Cl)Cl. The number of rotatable bonds is 3. The Morgan fingerprint density at radius 1 is 1.46 bits per heavy atom. The molecular formula is C7H6Cl4O2. The van der Waals surface area contributed by atoms with Crippen molar-refractivity contribution < 1.29 is 9.53 Å². The number of hydrogen-bond donors (Lipinski definition) is 0. The first-order valence-electron chi connectivity index (χ1n) is 3.08. The standard InChI is InChI=1S/C7H6Cl4O2/c1-2-3-4-5(12)13-6(8)7(9,10)11/h2-4,6H,1H2/b4-3+. The lowest BCUT2D eigenvalue weighted by atomic mass is 10.5. The zero-order valence-corrected chi connectivity index (χ0v) is 9.37. The number of hydrogen-bond acceptors (Lipinski definition) is 2. The van der Waals surface area contributed by atoms with Crippen LogP contribution < -0.4 is 0 Å². The molecule has 0 saturated carbocycles. The van der Waals surface area contributed by atoms with Gasteiger partial charge in [0, 0.05) is 6.08 Å². The Morgan fingerprint density at radius 2 is 2.00 bits per heavy atom. The first-order valence-corrected chi connectivity index (χ1v) is 4.65. The fourth-order valence-electron chi connectivity index (χ4n) is 0.355. The maximum Gasteiger partial charge on any atom is 0.332 e. The predicted octanol–water partition coefficient (Wildman–Crippen LogP) is 3.21. The van der Waals surface area contributed by atoms with Crippen molar-refractivity contribution in [1.29, 1.82) is 0 Å². The molecule has 6 heteroatoms. The Bertz CT molecular complexity index is 219. The third kappa shape index (κ3) is 6.22. The van der Waals surface area contributed by atoms with E-state index in [2.05, 4.69) is 11.3 Å². The molecule has 1 unspecified atom stereocenters. The third-order valence-corrected chi connectivity index (χ3v) is 2.19. The van der Waals surface area contributed by atoms with Gasteiger partial charge in [0.05, 0.1) is 0 Å². The van der Waals surface area contributed by atoms with Crippen LogP contribution in [0.1, 0.15) is 0 Å². The lowest BCUT2D eigenvalue weighted by molar-refractivity contribution is -0.139. The molecule has 0 aromatic heterocycles. The number of alkyl halides is 4. The number of esters is 1. The highest BCUT2D eigenvalue weighted by molar-refractivity contribution is 6.70. The summed E-state index contributed by atoms with van der Waals surface area (Å²) in [7, 11) is 0. The molecule has 0 aliphatic heterocycles. The first-order chi connectivity index (χ1) is 5.88. The van der Waals surface area contributed by atoms with Crippen LogP contribution in [0.15, 0.2) is 24.8 Å². The number of halogens is 4. The molecule has 2 nitrogen and oxygen atoms in total. The van der Waals surface area contributed by atoms with Crippen molar-refractivity contribution in [2.75, 3.05) is 0 Å². The molecule has 13 heavy (non-hydrogen) atoms. The highest BCUT2D eigenvalue weighted by atomic mass is 35.6. The average Bonchev–Trinajstić information content (AvgIpc) is 1.99. The fourth-order valence-corrected chi connectivity index (χ4v) is 0.576. The Balaban J connectivity index is 4.07. The number of carbonyl (C=O) groups excluding carboxylic acids is 1. The van der Waals surface area contributed by atoms with E-state index in [4.69, 9.17) is 46.4 Å². The van der Waals surface area contributed by atoms with Crippen molar-refractivity contribution in [3.05, 3.63) is 24.8 Å². The zero-order chi connectivity index (χ0) is 10.5. The van der Waals surface area contributed by atoms with Gasteiger partial charge in [-0.05, 0) is 0 Å². The summed E-state index contributed by atoms with van der Waals surface area (Å²) in [4.78, 5) is 10.8. The second-order valence-electron chi connectivity index (χ2n) is 1.89. The summed E-state index contributed by atoms with van der Waals surface area (Å²) in [6.07, 6.45) is 3.89. The molecule has 0 radical (unpaired) electrons. The molecule has 0 amide bonds. The maximum atomic E-state index is 10.8. The quantitative estimate of drug-likeness (QED) is 0.338. The van der Waals surface area contributed by atoms with Crippen LogP contribution in [0.2, 0.25) is 0 Å². The van der Waals surface area contributed by atoms with E-state index in [9.17, 15) is 4.79 Å². The van der Waals surface area contributed by atoms with E-state index < -0.39 is 15.3 Å². The van der Waals surface area contributed by atoms with E-state index in [0.29, 0.717) is 0 Å². The number of allylic oxidation sites excluding steroid dienone is 2. The third-order valence-electron chi connectivity index (χ3n) is 0.845. The van der Waals surface area contributed by atoms with Gasteiger partial charge in [0.2, 0.25) is 9.36 Å². The van der Waals surface area contributed by atoms with Gasteiger partial charge in [-0.1, -0.05) is 65.1 Å². The summed E-state index contributed by atoms with van der Waals surface area (Å²) in [5.74, 6) is -0.703. The van der Waals surface area contributed by atoms with Gasteiger partial charge in [-0.15, -0.1) is 0 Å². The highest BCUT2D eigenvalue weighted by Gasteiger charge is 2.33. The van der Waals surface area contributed by atoms with E-state index in [-0.39, 0.29) is 0 Å². The maximum absolute atomic E-state index is 10.8. The smallest absolute Gasteiger partial charge is 0.332 e. The van der Waals surface area contributed by atoms with E-state index in [1.54, 1.807) is 0 Å². The molecule has 0 aromatic carbocycles. The summed E-state index contributed by atoms with van der Waals surface area (Å²) in [6.45, 7) is 3.35. The van der Waals surface area contributed by atoms with Crippen molar-refractivity contribution in [3.8, 4) is 0 Å². The van der Waals surface area contributed by atoms with Crippen LogP contribution >= 0.6 is 46.4 Å². The zero-order valence-electron chi connectivity index (χ0n) is 6.34. The molecule has 0 fully saturated rings. The van der Waals surface area contributed by atoms with Gasteiger partial charge < -0.3 is 4.74 Å². The first kappa shape index (κ1) is 13.1. The summed E-state index contributed by atoms with van der Waals surface area (Å²) in [5.41, 5.74) is -1.32. The lowest BCUT2D eigenvalue weighted by Gasteiger charge is -2.16. The minimum atomic E-state index is -1.83. The summed E-state index contributed by atoms with van der Waals surface area (Å²) < 4.78 is 2.68. The van der Waals surface area contributed by atoms with Crippen molar-refractivity contribution in [2.45, 2.75) is 9.36 Å². The second-order valence-corrected chi connectivity index (χ2v) is 4.65. The Kier molecular flexibility index (Phi) is 5.81. The van der Waals surface area contributed by atoms with Gasteiger partial charge in [0.25, 0.3) is 0 Å². The Hall–Kier alpha value is 0.110. The number of ether oxygens (including phenoxy) is 1. The van der Waals surface area contributed by atoms with Gasteiger partial charge >= 0.3 is 5.97 Å². The van der Waals surface area contributed by atoms with Crippen LogP contribution in [0.25, 0.3) is 0 Å². The summed E-state index contributed by atoms with van der Waals surface area (Å²) in [6, 6.07) is 0. The van der Waals surface area contributed by atoms with Crippen molar-refractivity contribution >= 4 is 52.4 Å². The monoisotopic (exact) mass is 262 g/mol. The Labute approximate surface area is 96.0 Å². The van der Waals surface area contributed by atoms with Gasteiger partial charge in [-0.25, -0.2) is 4.79 Å². The minimum Gasteiger partial charge on any atom is -0.438 e. The number of carbonyl (C=O) groups is 1. The van der Waals surface area contributed by atoms with Crippen LogP contribution in [0.3, 0.4) is 0 Å². The van der Waals surface area contributed by atoms with Crippen LogP contribution in [-0.4, -0.2) is 15.3 Å². The molecule has 0 aliphatic rings. The molecule has 0 saturated heterocycles. The molecule has 1 atom stereocenters. The largest absolute Gasteiger partial charge is 0.438 e. The molecule has 0 N–H and O–H groups in total. The normalized spacial score (nSPS) is 14.2. The van der Waals surface area contributed by atoms with Gasteiger partial charge in [-0.2, -0.15) is 0 Å². The van der Waals surface area contributed by atoms with E-state index in [1.807, 2.05) is 0 Å². The molecule has 74 valence electrons. The molecule has 0 rings (SSSR count). The molecule has 0 aromatic rings. The van der Waals surface area contributed by atoms with Crippen molar-refractivity contribution in [1.82, 2.24) is 0 Å². The predicted molar refractivity (Wildman–Crippen MR) is 55.4 cm³/mol. The van der Waals surface area contributed by atoms with E-state index in [0.717, 1.165) is 6.08 Å². The lowest BCUT2D eigenvalue weighted by Crippen LogP contribution is -2.25. The minimum absolute atomic E-state index is 0.703. The molecule has 0 bridgehead atoms. The fraction of sp³-hybridized carbons (Fsp3) is 0.286. The van der Waals surface area contributed by atoms with Gasteiger partial charge in [0.1, 0.15) is 0 Å². The van der Waals surface area contributed by atoms with Crippen molar-refractivity contribution in [2.24, 2.45) is 0 Å². The topological polar surface area (TPSA) is 26.3 Å². The van der Waals surface area contributed by atoms with E-state index in [1.165, 1.54) is 12.2 Å². The average molecular weight is 264 g/mol. The van der Waals surface area contributed by atoms with Crippen molar-refractivity contribution in [3.63, 3.8) is 0 Å². The highest BCUT2D eigenvalue weighted by Crippen LogP contribution is 2.34. The molecule has 0 spiro atoms. The molecule has 0 aliphatic carbocycles. The summed E-state index contributed by atoms with van der Waals surface area (Å²) in [5, 5.41) is 0. The van der Waals surface area contributed by atoms with Crippen LogP contribution in [0.5, 0.6) is 0 Å². The van der Waals surface area contributed by atoms with Gasteiger partial charge in [-0.3, -0.25) is 0 Å². The molecular weight excluding hydrogens is 258 g/mol.